The summed E-state index contributed by atoms with van der Waals surface area (Å²) >= 11 is 6.98. The Morgan fingerprint density at radius 1 is 1.28 bits per heavy atom. The molecule has 4 nitrogen and oxygen atoms in total. The van der Waals surface area contributed by atoms with E-state index in [-0.39, 0.29) is 0 Å². The largest absolute Gasteiger partial charge is 0.305 e. The van der Waals surface area contributed by atoms with Gasteiger partial charge >= 0.3 is 0 Å². The van der Waals surface area contributed by atoms with Crippen LogP contribution in [0.5, 0.6) is 0 Å². The van der Waals surface area contributed by atoms with Crippen LogP contribution >= 0.6 is 22.9 Å². The Kier molecular flexibility index (Phi) is 4.66. The Morgan fingerprint density at radius 3 is 2.72 bits per heavy atom. The van der Waals surface area contributed by atoms with Crippen molar-refractivity contribution in [1.82, 2.24) is 9.21 Å². The molecule has 1 aliphatic heterocycles. The zero-order valence-electron chi connectivity index (χ0n) is 10.3. The lowest BCUT2D eigenvalue weighted by Crippen LogP contribution is -2.34. The summed E-state index contributed by atoms with van der Waals surface area (Å²) in [6.07, 6.45) is 0.878. The lowest BCUT2D eigenvalue weighted by Gasteiger charge is -2.19. The van der Waals surface area contributed by atoms with Gasteiger partial charge in [-0.25, -0.2) is 8.42 Å². The highest BCUT2D eigenvalue weighted by Crippen LogP contribution is 2.26. The molecule has 0 saturated carbocycles. The van der Waals surface area contributed by atoms with E-state index in [1.54, 1.807) is 16.4 Å². The van der Waals surface area contributed by atoms with Gasteiger partial charge in [0.15, 0.2) is 0 Å². The van der Waals surface area contributed by atoms with E-state index in [0.717, 1.165) is 24.4 Å². The van der Waals surface area contributed by atoms with Gasteiger partial charge in [0.05, 0.1) is 5.88 Å². The minimum atomic E-state index is -3.33. The lowest BCUT2D eigenvalue weighted by atomic mass is 10.4. The lowest BCUT2D eigenvalue weighted by molar-refractivity contribution is 0.347. The minimum absolute atomic E-state index is 0.364. The number of sulfonamides is 1. The molecule has 0 radical (unpaired) electrons. The molecule has 2 rings (SSSR count). The average Bonchev–Trinajstić information content (AvgIpc) is 2.72. The van der Waals surface area contributed by atoms with Crippen LogP contribution in [0.3, 0.4) is 0 Å². The molecule has 1 aromatic rings. The fourth-order valence-corrected chi connectivity index (χ4v) is 5.04. The van der Waals surface area contributed by atoms with Crippen LogP contribution in [0.2, 0.25) is 0 Å². The first-order chi connectivity index (χ1) is 8.54. The molecule has 0 unspecified atom stereocenters. The van der Waals surface area contributed by atoms with Crippen molar-refractivity contribution >= 4 is 33.0 Å². The number of likely N-dealkylation sites (N-methyl/N-ethyl adjacent to an activating group) is 1. The average molecular weight is 309 g/mol. The monoisotopic (exact) mass is 308 g/mol. The first-order valence-electron chi connectivity index (χ1n) is 5.87. The summed E-state index contributed by atoms with van der Waals surface area (Å²) in [7, 11) is -1.31. The molecule has 102 valence electrons. The summed E-state index contributed by atoms with van der Waals surface area (Å²) < 4.78 is 26.9. The molecule has 0 aliphatic carbocycles. The summed E-state index contributed by atoms with van der Waals surface area (Å²) in [4.78, 5) is 3.05. The number of rotatable bonds is 3. The quantitative estimate of drug-likeness (QED) is 0.800. The van der Waals surface area contributed by atoms with Gasteiger partial charge in [-0.15, -0.1) is 22.9 Å². The Morgan fingerprint density at radius 2 is 2.06 bits per heavy atom. The van der Waals surface area contributed by atoms with Crippen LogP contribution in [0.15, 0.2) is 16.3 Å². The molecular formula is C11H17ClN2O2S2. The van der Waals surface area contributed by atoms with Crippen molar-refractivity contribution in [1.29, 1.82) is 0 Å². The number of hydrogen-bond acceptors (Lipinski definition) is 4. The Bertz CT molecular complexity index is 501. The van der Waals surface area contributed by atoms with E-state index < -0.39 is 10.0 Å². The van der Waals surface area contributed by atoms with E-state index in [1.165, 1.54) is 11.3 Å². The predicted octanol–water partition coefficient (Wildman–Crippen LogP) is 1.81. The van der Waals surface area contributed by atoms with Crippen LogP contribution in [0.4, 0.5) is 0 Å². The molecule has 0 spiro atoms. The van der Waals surface area contributed by atoms with Crippen molar-refractivity contribution in [3.63, 3.8) is 0 Å². The maximum atomic E-state index is 12.5. The van der Waals surface area contributed by atoms with Crippen molar-refractivity contribution in [3.05, 3.63) is 17.0 Å². The highest BCUT2D eigenvalue weighted by molar-refractivity contribution is 7.91. The van der Waals surface area contributed by atoms with Gasteiger partial charge in [0, 0.05) is 24.5 Å². The van der Waals surface area contributed by atoms with E-state index in [9.17, 15) is 8.42 Å². The Hall–Kier alpha value is -0.140. The van der Waals surface area contributed by atoms with E-state index in [4.69, 9.17) is 11.6 Å². The van der Waals surface area contributed by atoms with Gasteiger partial charge in [-0.05, 0) is 32.1 Å². The fraction of sp³-hybridized carbons (Fsp3) is 0.636. The van der Waals surface area contributed by atoms with Gasteiger partial charge < -0.3 is 4.90 Å². The van der Waals surface area contributed by atoms with Crippen molar-refractivity contribution in [2.24, 2.45) is 0 Å². The zero-order valence-corrected chi connectivity index (χ0v) is 12.7. The van der Waals surface area contributed by atoms with Gasteiger partial charge in [0.2, 0.25) is 0 Å². The highest BCUT2D eigenvalue weighted by Gasteiger charge is 2.27. The normalized spacial score (nSPS) is 19.9. The molecule has 1 fully saturated rings. The number of halogens is 1. The van der Waals surface area contributed by atoms with Gasteiger partial charge in [-0.2, -0.15) is 4.31 Å². The molecule has 2 heterocycles. The van der Waals surface area contributed by atoms with Crippen LogP contribution in [-0.4, -0.2) is 50.8 Å². The second kappa shape index (κ2) is 5.88. The predicted molar refractivity (Wildman–Crippen MR) is 74.7 cm³/mol. The third-order valence-electron chi connectivity index (χ3n) is 3.04. The highest BCUT2D eigenvalue weighted by atomic mass is 35.5. The van der Waals surface area contributed by atoms with Crippen LogP contribution in [0, 0.1) is 0 Å². The molecule has 0 bridgehead atoms. The van der Waals surface area contributed by atoms with Crippen molar-refractivity contribution < 1.29 is 8.42 Å². The van der Waals surface area contributed by atoms with Gasteiger partial charge in [0.25, 0.3) is 10.0 Å². The second-order valence-corrected chi connectivity index (χ2v) is 8.02. The van der Waals surface area contributed by atoms with Crippen LogP contribution < -0.4 is 0 Å². The van der Waals surface area contributed by atoms with E-state index in [1.807, 2.05) is 7.05 Å². The maximum absolute atomic E-state index is 12.5. The van der Waals surface area contributed by atoms with Gasteiger partial charge in [-0.3, -0.25) is 0 Å². The third kappa shape index (κ3) is 3.05. The summed E-state index contributed by atoms with van der Waals surface area (Å²) in [6.45, 7) is 2.89. The molecule has 7 heteroatoms. The first kappa shape index (κ1) is 14.3. The van der Waals surface area contributed by atoms with Crippen LogP contribution in [0.25, 0.3) is 0 Å². The molecule has 1 saturated heterocycles. The van der Waals surface area contributed by atoms with E-state index in [2.05, 4.69) is 4.90 Å². The summed E-state index contributed by atoms with van der Waals surface area (Å²) in [5, 5.41) is 0. The van der Waals surface area contributed by atoms with Crippen molar-refractivity contribution in [2.75, 3.05) is 33.2 Å². The SMILES string of the molecule is CN1CCCN(S(=O)(=O)c2ccc(CCl)s2)CC1. The second-order valence-electron chi connectivity index (χ2n) is 4.42. The molecule has 18 heavy (non-hydrogen) atoms. The number of alkyl halides is 1. The van der Waals surface area contributed by atoms with Crippen LogP contribution in [0.1, 0.15) is 11.3 Å². The standard InChI is InChI=1S/C11H17ClN2O2S2/c1-13-5-2-6-14(8-7-13)18(15,16)11-4-3-10(9-12)17-11/h3-4H,2,5-9H2,1H3. The zero-order chi connectivity index (χ0) is 13.2. The van der Waals surface area contributed by atoms with E-state index in [0.29, 0.717) is 23.2 Å². The molecule has 0 aromatic carbocycles. The summed E-state index contributed by atoms with van der Waals surface area (Å²) in [5.74, 6) is 0.364. The summed E-state index contributed by atoms with van der Waals surface area (Å²) in [6, 6.07) is 3.45. The number of nitrogens with zero attached hydrogens (tertiary/aromatic N) is 2. The van der Waals surface area contributed by atoms with Crippen molar-refractivity contribution in [2.45, 2.75) is 16.5 Å². The molecule has 1 aromatic heterocycles. The molecule has 0 atom stereocenters. The topological polar surface area (TPSA) is 40.6 Å². The maximum Gasteiger partial charge on any atom is 0.252 e. The summed E-state index contributed by atoms with van der Waals surface area (Å²) in [5.41, 5.74) is 0. The van der Waals surface area contributed by atoms with Gasteiger partial charge in [-0.1, -0.05) is 0 Å². The van der Waals surface area contributed by atoms with Gasteiger partial charge in [0.1, 0.15) is 4.21 Å². The third-order valence-corrected chi connectivity index (χ3v) is 6.94. The van der Waals surface area contributed by atoms with Crippen LogP contribution in [-0.2, 0) is 15.9 Å². The molecular weight excluding hydrogens is 292 g/mol. The Labute approximate surface area is 117 Å². The first-order valence-corrected chi connectivity index (χ1v) is 8.66. The molecule has 0 N–H and O–H groups in total. The fourth-order valence-electron chi connectivity index (χ4n) is 1.96. The molecule has 1 aliphatic rings. The Balaban J connectivity index is 2.19. The van der Waals surface area contributed by atoms with E-state index >= 15 is 0 Å². The number of thiophene rings is 1. The van der Waals surface area contributed by atoms with Crippen molar-refractivity contribution in [3.8, 4) is 0 Å². The number of hydrogen-bond donors (Lipinski definition) is 0. The minimum Gasteiger partial charge on any atom is -0.305 e. The smallest absolute Gasteiger partial charge is 0.252 e. The molecule has 0 amide bonds.